The fourth-order valence-electron chi connectivity index (χ4n) is 1.26. The summed E-state index contributed by atoms with van der Waals surface area (Å²) in [5.41, 5.74) is -0.267. The van der Waals surface area contributed by atoms with E-state index in [1.807, 2.05) is 20.8 Å². The normalized spacial score (nSPS) is 18.1. The van der Waals surface area contributed by atoms with Crippen molar-refractivity contribution in [3.05, 3.63) is 0 Å². The van der Waals surface area contributed by atoms with Gasteiger partial charge in [-0.2, -0.15) is 0 Å². The van der Waals surface area contributed by atoms with Crippen molar-refractivity contribution >= 4 is 5.91 Å². The second kappa shape index (κ2) is 4.28. The Morgan fingerprint density at radius 2 is 2.07 bits per heavy atom. The minimum atomic E-state index is -0.267. The molecule has 0 spiro atoms. The molecule has 1 N–H and O–H groups in total. The zero-order valence-corrected chi connectivity index (χ0v) is 9.12. The van der Waals surface area contributed by atoms with Crippen molar-refractivity contribution in [2.75, 3.05) is 26.3 Å². The number of carbonyl (C=O) groups excluding carboxylic acids is 1. The maximum absolute atomic E-state index is 11.5. The Hall–Kier alpha value is -0.610. The van der Waals surface area contributed by atoms with Crippen molar-refractivity contribution in [2.45, 2.75) is 26.4 Å². The molecule has 1 saturated heterocycles. The van der Waals surface area contributed by atoms with Gasteiger partial charge in [0, 0.05) is 25.6 Å². The summed E-state index contributed by atoms with van der Waals surface area (Å²) in [6.45, 7) is 7.42. The molecule has 4 heteroatoms. The van der Waals surface area contributed by atoms with Crippen LogP contribution in [0.5, 0.6) is 0 Å². The highest BCUT2D eigenvalue weighted by molar-refractivity contribution is 5.78. The van der Waals surface area contributed by atoms with Crippen LogP contribution in [0.4, 0.5) is 0 Å². The van der Waals surface area contributed by atoms with E-state index in [1.54, 1.807) is 4.90 Å². The zero-order chi connectivity index (χ0) is 10.8. The molecule has 4 nitrogen and oxygen atoms in total. The molecule has 1 amide bonds. The lowest BCUT2D eigenvalue weighted by Crippen LogP contribution is -2.52. The van der Waals surface area contributed by atoms with Crippen LogP contribution in [0.1, 0.15) is 20.8 Å². The summed E-state index contributed by atoms with van der Waals surface area (Å²) < 4.78 is 5.36. The number of aliphatic hydroxyl groups is 1. The highest BCUT2D eigenvalue weighted by atomic mass is 16.5. The Labute approximate surface area is 84.8 Å². The van der Waals surface area contributed by atoms with Crippen molar-refractivity contribution in [1.29, 1.82) is 0 Å². The summed E-state index contributed by atoms with van der Waals surface area (Å²) in [5.74, 6) is 0.290. The highest BCUT2D eigenvalue weighted by Gasteiger charge is 2.30. The standard InChI is InChI=1S/C10H19NO3/c1-10(2,3)14-7-9(13)11-4-8(5-11)6-12/h8,12H,4-7H2,1-3H3. The van der Waals surface area contributed by atoms with Crippen LogP contribution in [0.2, 0.25) is 0 Å². The number of rotatable bonds is 3. The van der Waals surface area contributed by atoms with Crippen LogP contribution >= 0.6 is 0 Å². The molecule has 0 atom stereocenters. The van der Waals surface area contributed by atoms with Gasteiger partial charge in [0.15, 0.2) is 0 Å². The first-order valence-corrected chi connectivity index (χ1v) is 4.95. The lowest BCUT2D eigenvalue weighted by atomic mass is 10.0. The fraction of sp³-hybridized carbons (Fsp3) is 0.900. The van der Waals surface area contributed by atoms with Crippen LogP contribution in [0.15, 0.2) is 0 Å². The summed E-state index contributed by atoms with van der Waals surface area (Å²) >= 11 is 0. The second-order valence-corrected chi connectivity index (χ2v) is 4.75. The zero-order valence-electron chi connectivity index (χ0n) is 9.12. The van der Waals surface area contributed by atoms with Gasteiger partial charge in [-0.05, 0) is 20.8 Å². The van der Waals surface area contributed by atoms with E-state index >= 15 is 0 Å². The molecular weight excluding hydrogens is 182 g/mol. The maximum Gasteiger partial charge on any atom is 0.248 e. The molecule has 0 unspecified atom stereocenters. The van der Waals surface area contributed by atoms with Crippen molar-refractivity contribution in [2.24, 2.45) is 5.92 Å². The number of hydrogen-bond donors (Lipinski definition) is 1. The summed E-state index contributed by atoms with van der Waals surface area (Å²) in [4.78, 5) is 13.2. The Morgan fingerprint density at radius 3 is 2.50 bits per heavy atom. The van der Waals surface area contributed by atoms with Crippen LogP contribution in [-0.4, -0.2) is 47.8 Å². The van der Waals surface area contributed by atoms with Gasteiger partial charge in [0.05, 0.1) is 5.60 Å². The van der Waals surface area contributed by atoms with Gasteiger partial charge in [-0.1, -0.05) is 0 Å². The SMILES string of the molecule is CC(C)(C)OCC(=O)N1CC(CO)C1. The Kier molecular flexibility index (Phi) is 3.50. The van der Waals surface area contributed by atoms with E-state index in [4.69, 9.17) is 9.84 Å². The molecule has 0 radical (unpaired) electrons. The van der Waals surface area contributed by atoms with Gasteiger partial charge in [-0.25, -0.2) is 0 Å². The number of ether oxygens (including phenoxy) is 1. The first-order valence-electron chi connectivity index (χ1n) is 4.95. The Balaban J connectivity index is 2.18. The number of aliphatic hydroxyl groups excluding tert-OH is 1. The molecule has 0 aromatic carbocycles. The van der Waals surface area contributed by atoms with Crippen LogP contribution in [0.25, 0.3) is 0 Å². The van der Waals surface area contributed by atoms with Gasteiger partial charge in [-0.3, -0.25) is 4.79 Å². The average Bonchev–Trinajstić information content (AvgIpc) is 1.97. The molecule has 1 rings (SSSR count). The van der Waals surface area contributed by atoms with Crippen LogP contribution in [0.3, 0.4) is 0 Å². The van der Waals surface area contributed by atoms with Crippen LogP contribution < -0.4 is 0 Å². The average molecular weight is 201 g/mol. The number of amides is 1. The third-order valence-corrected chi connectivity index (χ3v) is 2.20. The van der Waals surface area contributed by atoms with Crippen molar-refractivity contribution < 1.29 is 14.6 Å². The van der Waals surface area contributed by atoms with Crippen molar-refractivity contribution in [3.8, 4) is 0 Å². The van der Waals surface area contributed by atoms with Gasteiger partial charge in [0.1, 0.15) is 6.61 Å². The fourth-order valence-corrected chi connectivity index (χ4v) is 1.26. The number of carbonyl (C=O) groups is 1. The molecular formula is C10H19NO3. The molecule has 0 aliphatic carbocycles. The van der Waals surface area contributed by atoms with Crippen molar-refractivity contribution in [1.82, 2.24) is 4.90 Å². The number of likely N-dealkylation sites (tertiary alicyclic amines) is 1. The number of hydrogen-bond acceptors (Lipinski definition) is 3. The minimum Gasteiger partial charge on any atom is -0.396 e. The van der Waals surface area contributed by atoms with Crippen LogP contribution in [-0.2, 0) is 9.53 Å². The quantitative estimate of drug-likeness (QED) is 0.712. The van der Waals surface area contributed by atoms with Gasteiger partial charge >= 0.3 is 0 Å². The molecule has 1 heterocycles. The first-order chi connectivity index (χ1) is 6.42. The first kappa shape index (κ1) is 11.5. The predicted octanol–water partition coefficient (Wildman–Crippen LogP) is 0.252. The van der Waals surface area contributed by atoms with Crippen molar-refractivity contribution in [3.63, 3.8) is 0 Å². The smallest absolute Gasteiger partial charge is 0.248 e. The van der Waals surface area contributed by atoms with E-state index in [0.29, 0.717) is 13.1 Å². The summed E-state index contributed by atoms with van der Waals surface area (Å²) in [7, 11) is 0. The third kappa shape index (κ3) is 3.27. The van der Waals surface area contributed by atoms with Gasteiger partial charge < -0.3 is 14.7 Å². The lowest BCUT2D eigenvalue weighted by molar-refractivity contribution is -0.148. The third-order valence-electron chi connectivity index (χ3n) is 2.20. The largest absolute Gasteiger partial charge is 0.396 e. The summed E-state index contributed by atoms with van der Waals surface area (Å²) in [6.07, 6.45) is 0. The maximum atomic E-state index is 11.5. The van der Waals surface area contributed by atoms with Gasteiger partial charge in [-0.15, -0.1) is 0 Å². The number of nitrogens with zero attached hydrogens (tertiary/aromatic N) is 1. The predicted molar refractivity (Wildman–Crippen MR) is 52.9 cm³/mol. The lowest BCUT2D eigenvalue weighted by Gasteiger charge is -2.38. The highest BCUT2D eigenvalue weighted by Crippen LogP contribution is 2.15. The second-order valence-electron chi connectivity index (χ2n) is 4.75. The van der Waals surface area contributed by atoms with E-state index < -0.39 is 0 Å². The molecule has 1 aliphatic rings. The van der Waals surface area contributed by atoms with E-state index in [1.165, 1.54) is 0 Å². The van der Waals surface area contributed by atoms with Gasteiger partial charge in [0.25, 0.3) is 0 Å². The van der Waals surface area contributed by atoms with E-state index in [0.717, 1.165) is 0 Å². The minimum absolute atomic E-state index is 0.0182. The molecule has 1 fully saturated rings. The topological polar surface area (TPSA) is 49.8 Å². The molecule has 14 heavy (non-hydrogen) atoms. The molecule has 0 aromatic rings. The molecule has 82 valence electrons. The Morgan fingerprint density at radius 1 is 1.50 bits per heavy atom. The summed E-state index contributed by atoms with van der Waals surface area (Å²) in [5, 5.41) is 8.78. The summed E-state index contributed by atoms with van der Waals surface area (Å²) in [6, 6.07) is 0. The molecule has 0 aromatic heterocycles. The van der Waals surface area contributed by atoms with Crippen LogP contribution in [0, 0.1) is 5.92 Å². The molecule has 1 aliphatic heterocycles. The molecule has 0 saturated carbocycles. The van der Waals surface area contributed by atoms with E-state index in [2.05, 4.69) is 0 Å². The monoisotopic (exact) mass is 201 g/mol. The molecule has 0 bridgehead atoms. The Bertz CT molecular complexity index is 204. The van der Waals surface area contributed by atoms with Gasteiger partial charge in [0.2, 0.25) is 5.91 Å². The van der Waals surface area contributed by atoms with E-state index in [-0.39, 0.29) is 30.6 Å². The van der Waals surface area contributed by atoms with E-state index in [9.17, 15) is 4.79 Å².